The molecule has 0 aliphatic carbocycles. The van der Waals surface area contributed by atoms with Crippen molar-refractivity contribution in [2.45, 2.75) is 20.4 Å². The molecule has 7 heteroatoms. The van der Waals surface area contributed by atoms with Gasteiger partial charge < -0.3 is 20.4 Å². The highest BCUT2D eigenvalue weighted by atomic mass is 16.5. The third-order valence-corrected chi connectivity index (χ3v) is 2.11. The van der Waals surface area contributed by atoms with Gasteiger partial charge in [0, 0.05) is 18.9 Å². The summed E-state index contributed by atoms with van der Waals surface area (Å²) in [6.07, 6.45) is 2.36. The largest absolute Gasteiger partial charge is 0.448 e. The van der Waals surface area contributed by atoms with Crippen LogP contribution in [0.1, 0.15) is 13.8 Å². The summed E-state index contributed by atoms with van der Waals surface area (Å²) in [5.74, 6) is 0.613. The van der Waals surface area contributed by atoms with Crippen molar-refractivity contribution in [3.63, 3.8) is 0 Å². The fourth-order valence-electron chi connectivity index (χ4n) is 1.43. The lowest BCUT2D eigenvalue weighted by Gasteiger charge is -2.10. The van der Waals surface area contributed by atoms with Gasteiger partial charge in [0.05, 0.1) is 6.54 Å². The molecule has 1 amide bonds. The maximum Gasteiger partial charge on any atom is 0.404 e. The molecule has 0 atom stereocenters. The lowest BCUT2D eigenvalue weighted by Crippen LogP contribution is -2.27. The van der Waals surface area contributed by atoms with Gasteiger partial charge in [-0.1, -0.05) is 13.8 Å². The number of hydrogen-bond donors (Lipinski definition) is 2. The van der Waals surface area contributed by atoms with Crippen LogP contribution < -0.4 is 16.6 Å². The molecule has 7 nitrogen and oxygen atoms in total. The van der Waals surface area contributed by atoms with E-state index in [0.717, 1.165) is 0 Å². The van der Waals surface area contributed by atoms with Gasteiger partial charge in [0.25, 0.3) is 5.56 Å². The predicted molar refractivity (Wildman–Crippen MR) is 67.4 cm³/mol. The van der Waals surface area contributed by atoms with Crippen LogP contribution in [0.3, 0.4) is 0 Å². The van der Waals surface area contributed by atoms with Gasteiger partial charge in [0.2, 0.25) is 0 Å². The van der Waals surface area contributed by atoms with Crippen molar-refractivity contribution in [1.82, 2.24) is 9.55 Å². The highest BCUT2D eigenvalue weighted by Crippen LogP contribution is 1.98. The van der Waals surface area contributed by atoms with Crippen LogP contribution in [0.25, 0.3) is 0 Å². The Balaban J connectivity index is 2.61. The summed E-state index contributed by atoms with van der Waals surface area (Å²) in [6.45, 7) is 5.07. The molecule has 1 aromatic heterocycles. The molecule has 0 unspecified atom stereocenters. The minimum absolute atomic E-state index is 0.0928. The van der Waals surface area contributed by atoms with Gasteiger partial charge in [0.1, 0.15) is 6.61 Å². The topological polar surface area (TPSA) is 99.2 Å². The number of rotatable bonds is 6. The average Bonchev–Trinajstić information content (AvgIpc) is 2.28. The Kier molecular flexibility index (Phi) is 5.16. The number of aromatic nitrogens is 2. The molecule has 0 aliphatic heterocycles. The second-order valence-electron chi connectivity index (χ2n) is 4.22. The van der Waals surface area contributed by atoms with Crippen LogP contribution in [-0.2, 0) is 11.3 Å². The van der Waals surface area contributed by atoms with E-state index in [2.05, 4.69) is 15.0 Å². The maximum atomic E-state index is 11.9. The highest BCUT2D eigenvalue weighted by Gasteiger charge is 2.05. The predicted octanol–water partition coefficient (Wildman–Crippen LogP) is 0.406. The van der Waals surface area contributed by atoms with Crippen molar-refractivity contribution >= 4 is 11.9 Å². The monoisotopic (exact) mass is 254 g/mol. The molecule has 3 N–H and O–H groups in total. The molecule has 0 fully saturated rings. The van der Waals surface area contributed by atoms with Gasteiger partial charge in [-0.2, -0.15) is 0 Å². The lowest BCUT2D eigenvalue weighted by molar-refractivity contribution is 0.161. The zero-order chi connectivity index (χ0) is 13.5. The number of nitrogens with zero attached hydrogens (tertiary/aromatic N) is 2. The molecule has 0 aromatic carbocycles. The number of nitrogens with one attached hydrogen (secondary N) is 1. The molecule has 100 valence electrons. The summed E-state index contributed by atoms with van der Waals surface area (Å²) in [6, 6.07) is 0. The summed E-state index contributed by atoms with van der Waals surface area (Å²) < 4.78 is 6.13. The first-order valence-corrected chi connectivity index (χ1v) is 5.72. The number of ether oxygens (including phenoxy) is 1. The van der Waals surface area contributed by atoms with Crippen LogP contribution in [0.5, 0.6) is 0 Å². The lowest BCUT2D eigenvalue weighted by atomic mass is 10.2. The first kappa shape index (κ1) is 14.0. The zero-order valence-corrected chi connectivity index (χ0v) is 10.5. The van der Waals surface area contributed by atoms with Gasteiger partial charge in [-0.15, -0.1) is 0 Å². The number of amides is 1. The van der Waals surface area contributed by atoms with Gasteiger partial charge in [0.15, 0.2) is 5.82 Å². The van der Waals surface area contributed by atoms with E-state index in [0.29, 0.717) is 12.5 Å². The summed E-state index contributed by atoms with van der Waals surface area (Å²) >= 11 is 0. The SMILES string of the molecule is CC(C)Cn1ccnc(NCCOC(N)=O)c1=O. The van der Waals surface area contributed by atoms with Crippen molar-refractivity contribution in [2.75, 3.05) is 18.5 Å². The van der Waals surface area contributed by atoms with E-state index in [1.165, 1.54) is 0 Å². The molecule has 0 aliphatic rings. The average molecular weight is 254 g/mol. The molecule has 0 spiro atoms. The van der Waals surface area contributed by atoms with Crippen molar-refractivity contribution in [1.29, 1.82) is 0 Å². The Labute approximate surface area is 105 Å². The van der Waals surface area contributed by atoms with Crippen molar-refractivity contribution in [3.8, 4) is 0 Å². The Bertz CT molecular complexity index is 456. The Morgan fingerprint density at radius 3 is 2.94 bits per heavy atom. The van der Waals surface area contributed by atoms with E-state index >= 15 is 0 Å². The molecule has 1 aromatic rings. The molecular formula is C11H18N4O3. The van der Waals surface area contributed by atoms with Crippen LogP contribution in [0.2, 0.25) is 0 Å². The first-order valence-electron chi connectivity index (χ1n) is 5.72. The Morgan fingerprint density at radius 2 is 2.33 bits per heavy atom. The normalized spacial score (nSPS) is 10.4. The second-order valence-corrected chi connectivity index (χ2v) is 4.22. The number of nitrogens with two attached hydrogens (primary N) is 1. The molecule has 0 saturated carbocycles. The van der Waals surface area contributed by atoms with Crippen LogP contribution in [-0.4, -0.2) is 28.8 Å². The third-order valence-electron chi connectivity index (χ3n) is 2.11. The Hall–Kier alpha value is -2.05. The second kappa shape index (κ2) is 6.63. The van der Waals surface area contributed by atoms with Gasteiger partial charge in [-0.05, 0) is 5.92 Å². The molecule has 18 heavy (non-hydrogen) atoms. The fourth-order valence-corrected chi connectivity index (χ4v) is 1.43. The van der Waals surface area contributed by atoms with Crippen LogP contribution >= 0.6 is 0 Å². The molecular weight excluding hydrogens is 236 g/mol. The minimum Gasteiger partial charge on any atom is -0.448 e. The summed E-state index contributed by atoms with van der Waals surface area (Å²) in [4.78, 5) is 26.2. The maximum absolute atomic E-state index is 11.9. The van der Waals surface area contributed by atoms with Crippen LogP contribution in [0, 0.1) is 5.92 Å². The smallest absolute Gasteiger partial charge is 0.404 e. The van der Waals surface area contributed by atoms with Crippen molar-refractivity contribution in [3.05, 3.63) is 22.7 Å². The number of carbonyl (C=O) groups excluding carboxylic acids is 1. The molecule has 1 heterocycles. The Morgan fingerprint density at radius 1 is 1.61 bits per heavy atom. The first-order chi connectivity index (χ1) is 8.50. The van der Waals surface area contributed by atoms with Crippen LogP contribution in [0.4, 0.5) is 10.6 Å². The van der Waals surface area contributed by atoms with Gasteiger partial charge in [-0.3, -0.25) is 4.79 Å². The molecule has 0 saturated heterocycles. The number of carbonyl (C=O) groups is 1. The summed E-state index contributed by atoms with van der Waals surface area (Å²) in [5, 5.41) is 2.80. The van der Waals surface area contributed by atoms with Gasteiger partial charge in [-0.25, -0.2) is 9.78 Å². The van der Waals surface area contributed by atoms with E-state index in [1.807, 2.05) is 13.8 Å². The summed E-state index contributed by atoms with van der Waals surface area (Å²) in [5.41, 5.74) is 4.62. The molecule has 1 rings (SSSR count). The fraction of sp³-hybridized carbons (Fsp3) is 0.545. The van der Waals surface area contributed by atoms with E-state index in [1.54, 1.807) is 17.0 Å². The number of hydrogen-bond acceptors (Lipinski definition) is 5. The highest BCUT2D eigenvalue weighted by molar-refractivity contribution is 5.64. The van der Waals surface area contributed by atoms with Crippen LogP contribution in [0.15, 0.2) is 17.2 Å². The summed E-state index contributed by atoms with van der Waals surface area (Å²) in [7, 11) is 0. The number of anilines is 1. The number of primary amides is 1. The standard InChI is InChI=1S/C11H18N4O3/c1-8(2)7-15-5-3-13-9(10(15)16)14-4-6-18-11(12)17/h3,5,8H,4,6-7H2,1-2H3,(H2,12,17)(H,13,14). The van der Waals surface area contributed by atoms with Crippen molar-refractivity contribution < 1.29 is 9.53 Å². The quantitative estimate of drug-likeness (QED) is 0.716. The van der Waals surface area contributed by atoms with E-state index < -0.39 is 6.09 Å². The molecule has 0 bridgehead atoms. The molecule has 0 radical (unpaired) electrons. The zero-order valence-electron chi connectivity index (χ0n) is 10.5. The van der Waals surface area contributed by atoms with E-state index in [4.69, 9.17) is 5.73 Å². The minimum atomic E-state index is -0.838. The van der Waals surface area contributed by atoms with E-state index in [9.17, 15) is 9.59 Å². The van der Waals surface area contributed by atoms with Gasteiger partial charge >= 0.3 is 6.09 Å². The van der Waals surface area contributed by atoms with Crippen molar-refractivity contribution in [2.24, 2.45) is 11.7 Å². The third kappa shape index (κ3) is 4.44. The van der Waals surface area contributed by atoms with E-state index in [-0.39, 0.29) is 24.5 Å².